The van der Waals surface area contributed by atoms with Crippen LogP contribution >= 0.6 is 0 Å². The van der Waals surface area contributed by atoms with Crippen molar-refractivity contribution < 1.29 is 19.4 Å². The summed E-state index contributed by atoms with van der Waals surface area (Å²) in [5, 5.41) is 10.8. The van der Waals surface area contributed by atoms with Gasteiger partial charge in [0, 0.05) is 17.5 Å². The predicted molar refractivity (Wildman–Crippen MR) is 123 cm³/mol. The van der Waals surface area contributed by atoms with E-state index < -0.39 is 18.5 Å². The average molecular weight is 428 g/mol. The minimum absolute atomic E-state index is 0.412. The van der Waals surface area contributed by atoms with Gasteiger partial charge in [-0.3, -0.25) is 4.79 Å². The zero-order chi connectivity index (χ0) is 22.2. The number of primary amides is 1. The van der Waals surface area contributed by atoms with Crippen LogP contribution < -0.4 is 10.5 Å². The second kappa shape index (κ2) is 8.04. The number of carboxylic acid groups (broad SMARTS) is 1. The Morgan fingerprint density at radius 1 is 0.969 bits per heavy atom. The van der Waals surface area contributed by atoms with Crippen molar-refractivity contribution >= 4 is 33.7 Å². The van der Waals surface area contributed by atoms with Crippen LogP contribution in [0, 0.1) is 0 Å². The Morgan fingerprint density at radius 3 is 2.50 bits per heavy atom. The van der Waals surface area contributed by atoms with Gasteiger partial charge in [-0.15, -0.1) is 0 Å². The molecule has 162 valence electrons. The summed E-state index contributed by atoms with van der Waals surface area (Å²) < 4.78 is 8.10. The van der Waals surface area contributed by atoms with E-state index in [2.05, 4.69) is 22.8 Å². The standard InChI is InChI=1S/C26H24N2O4/c27-26(31)19-11-6-12-20-23(19)24-21(28(20)14-16-7-2-1-3-8-16)13-17-9-4-5-10-18(17)25(24)32-15-22(29)30/h1-3,6-8,11-13H,4-5,9-10,14-15H2,(H2,27,31)(H,29,30). The Bertz CT molecular complexity index is 1360. The number of aliphatic carboxylic acids is 1. The molecule has 0 spiro atoms. The molecule has 0 bridgehead atoms. The molecule has 1 heterocycles. The van der Waals surface area contributed by atoms with Gasteiger partial charge >= 0.3 is 5.97 Å². The highest BCUT2D eigenvalue weighted by atomic mass is 16.5. The minimum atomic E-state index is -1.03. The molecule has 3 aromatic carbocycles. The third-order valence-electron chi connectivity index (χ3n) is 6.24. The highest BCUT2D eigenvalue weighted by molar-refractivity contribution is 6.20. The van der Waals surface area contributed by atoms with Crippen LogP contribution in [0.25, 0.3) is 21.8 Å². The van der Waals surface area contributed by atoms with Crippen LogP contribution in [0.5, 0.6) is 5.75 Å². The van der Waals surface area contributed by atoms with Crippen molar-refractivity contribution in [2.45, 2.75) is 32.2 Å². The van der Waals surface area contributed by atoms with Crippen LogP contribution in [0.4, 0.5) is 0 Å². The number of carboxylic acids is 1. The lowest BCUT2D eigenvalue weighted by molar-refractivity contribution is -0.139. The van der Waals surface area contributed by atoms with Crippen molar-refractivity contribution in [1.82, 2.24) is 4.57 Å². The van der Waals surface area contributed by atoms with Crippen molar-refractivity contribution in [3.05, 3.63) is 76.9 Å². The first-order valence-corrected chi connectivity index (χ1v) is 10.8. The topological polar surface area (TPSA) is 94.6 Å². The van der Waals surface area contributed by atoms with Crippen LogP contribution in [0.15, 0.2) is 54.6 Å². The molecule has 0 atom stereocenters. The smallest absolute Gasteiger partial charge is 0.341 e. The molecule has 32 heavy (non-hydrogen) atoms. The lowest BCUT2D eigenvalue weighted by atomic mass is 9.89. The first kappa shape index (κ1) is 20.1. The third kappa shape index (κ3) is 3.38. The van der Waals surface area contributed by atoms with E-state index in [0.29, 0.717) is 17.9 Å². The molecule has 1 aliphatic rings. The van der Waals surface area contributed by atoms with Crippen molar-refractivity contribution in [1.29, 1.82) is 0 Å². The molecule has 5 rings (SSSR count). The Kier molecular flexibility index (Phi) is 5.05. The van der Waals surface area contributed by atoms with Crippen LogP contribution in [0.1, 0.15) is 39.9 Å². The van der Waals surface area contributed by atoms with Crippen LogP contribution in [0.2, 0.25) is 0 Å². The summed E-state index contributed by atoms with van der Waals surface area (Å²) in [7, 11) is 0. The zero-order valence-corrected chi connectivity index (χ0v) is 17.6. The number of ether oxygens (including phenoxy) is 1. The van der Waals surface area contributed by atoms with E-state index in [1.807, 2.05) is 30.3 Å². The summed E-state index contributed by atoms with van der Waals surface area (Å²) in [6.07, 6.45) is 3.85. The molecule has 1 aliphatic carbocycles. The van der Waals surface area contributed by atoms with Crippen molar-refractivity contribution in [3.8, 4) is 5.75 Å². The summed E-state index contributed by atoms with van der Waals surface area (Å²) in [5.74, 6) is -0.976. The fraction of sp³-hybridized carbons (Fsp3) is 0.231. The van der Waals surface area contributed by atoms with Gasteiger partial charge in [-0.25, -0.2) is 4.79 Å². The fourth-order valence-corrected chi connectivity index (χ4v) is 4.90. The van der Waals surface area contributed by atoms with Crippen molar-refractivity contribution in [3.63, 3.8) is 0 Å². The Hall–Kier alpha value is -3.80. The fourth-order valence-electron chi connectivity index (χ4n) is 4.90. The number of fused-ring (bicyclic) bond motifs is 4. The van der Waals surface area contributed by atoms with Crippen molar-refractivity contribution in [2.24, 2.45) is 5.73 Å². The first-order valence-electron chi connectivity index (χ1n) is 10.8. The van der Waals surface area contributed by atoms with Gasteiger partial charge in [-0.2, -0.15) is 0 Å². The van der Waals surface area contributed by atoms with Gasteiger partial charge in [0.1, 0.15) is 5.75 Å². The minimum Gasteiger partial charge on any atom is -0.481 e. The molecule has 1 aromatic heterocycles. The van der Waals surface area contributed by atoms with E-state index in [0.717, 1.165) is 58.6 Å². The van der Waals surface area contributed by atoms with Crippen molar-refractivity contribution in [2.75, 3.05) is 6.61 Å². The molecule has 0 radical (unpaired) electrons. The number of aromatic nitrogens is 1. The van der Waals surface area contributed by atoms with Crippen LogP contribution in [0.3, 0.4) is 0 Å². The Labute approximate surface area is 185 Å². The maximum absolute atomic E-state index is 12.4. The number of benzene rings is 3. The Morgan fingerprint density at radius 2 is 1.75 bits per heavy atom. The molecule has 0 saturated heterocycles. The predicted octanol–water partition coefficient (Wildman–Crippen LogP) is 4.28. The molecule has 3 N–H and O–H groups in total. The monoisotopic (exact) mass is 428 g/mol. The van der Waals surface area contributed by atoms with Crippen LogP contribution in [-0.4, -0.2) is 28.2 Å². The number of amides is 1. The molecule has 1 amide bonds. The molecular weight excluding hydrogens is 404 g/mol. The lowest BCUT2D eigenvalue weighted by Crippen LogP contribution is -2.14. The summed E-state index contributed by atoms with van der Waals surface area (Å²) in [6.45, 7) is 0.176. The van der Waals surface area contributed by atoms with Gasteiger partial charge in [0.05, 0.1) is 16.4 Å². The highest BCUT2D eigenvalue weighted by Crippen LogP contribution is 2.43. The van der Waals surface area contributed by atoms with E-state index in [4.69, 9.17) is 10.5 Å². The second-order valence-electron chi connectivity index (χ2n) is 8.26. The number of nitrogens with zero attached hydrogens (tertiary/aromatic N) is 1. The molecule has 6 heteroatoms. The van der Waals surface area contributed by atoms with Gasteiger partial charge in [0.15, 0.2) is 6.61 Å². The molecule has 0 saturated carbocycles. The lowest BCUT2D eigenvalue weighted by Gasteiger charge is -2.21. The number of hydrogen-bond donors (Lipinski definition) is 2. The maximum atomic E-state index is 12.4. The number of rotatable bonds is 6. The zero-order valence-electron chi connectivity index (χ0n) is 17.6. The van der Waals surface area contributed by atoms with E-state index >= 15 is 0 Å². The highest BCUT2D eigenvalue weighted by Gasteiger charge is 2.25. The van der Waals surface area contributed by atoms with E-state index in [1.54, 1.807) is 6.07 Å². The van der Waals surface area contributed by atoms with E-state index in [-0.39, 0.29) is 0 Å². The molecular formula is C26H24N2O4. The van der Waals surface area contributed by atoms with Gasteiger partial charge < -0.3 is 20.1 Å². The number of nitrogens with two attached hydrogens (primary N) is 1. The Balaban J connectivity index is 1.88. The molecule has 6 nitrogen and oxygen atoms in total. The quantitative estimate of drug-likeness (QED) is 0.479. The van der Waals surface area contributed by atoms with Crippen LogP contribution in [-0.2, 0) is 24.2 Å². The summed E-state index contributed by atoms with van der Waals surface area (Å²) >= 11 is 0. The van der Waals surface area contributed by atoms with Gasteiger partial charge in [-0.05, 0) is 60.6 Å². The normalized spacial score (nSPS) is 13.2. The summed E-state index contributed by atoms with van der Waals surface area (Å²) in [5.41, 5.74) is 11.3. The van der Waals surface area contributed by atoms with E-state index in [9.17, 15) is 14.7 Å². The van der Waals surface area contributed by atoms with E-state index in [1.165, 1.54) is 5.56 Å². The second-order valence-corrected chi connectivity index (χ2v) is 8.26. The maximum Gasteiger partial charge on any atom is 0.341 e. The van der Waals surface area contributed by atoms with Gasteiger partial charge in [-0.1, -0.05) is 36.4 Å². The largest absolute Gasteiger partial charge is 0.481 e. The molecule has 0 unspecified atom stereocenters. The molecule has 4 aromatic rings. The first-order chi connectivity index (χ1) is 15.5. The molecule has 0 aliphatic heterocycles. The number of carbonyl (C=O) groups excluding carboxylic acids is 1. The van der Waals surface area contributed by atoms with Gasteiger partial charge in [0.2, 0.25) is 5.91 Å². The number of hydrogen-bond acceptors (Lipinski definition) is 3. The third-order valence-corrected chi connectivity index (χ3v) is 6.24. The SMILES string of the molecule is NC(=O)c1cccc2c1c1c(OCC(=O)O)c3c(cc1n2Cc1ccccc1)CCCC3. The summed E-state index contributed by atoms with van der Waals surface area (Å²) in [4.78, 5) is 23.7. The summed E-state index contributed by atoms with van der Waals surface area (Å²) in [6, 6.07) is 17.8. The molecule has 0 fully saturated rings. The average Bonchev–Trinajstić information content (AvgIpc) is 3.10. The number of carbonyl (C=O) groups is 2. The van der Waals surface area contributed by atoms with Gasteiger partial charge in [0.25, 0.3) is 0 Å². The number of aryl methyl sites for hydroxylation is 1.